The van der Waals surface area contributed by atoms with Crippen LogP contribution in [0, 0.1) is 0 Å². The molecule has 0 aromatic heterocycles. The highest BCUT2D eigenvalue weighted by Gasteiger charge is 2.62. The summed E-state index contributed by atoms with van der Waals surface area (Å²) in [5.41, 5.74) is 0. The number of aliphatic hydroxyl groups is 14. The first-order valence-electron chi connectivity index (χ1n) is 19.0. The van der Waals surface area contributed by atoms with E-state index in [9.17, 15) is 116 Å². The van der Waals surface area contributed by atoms with Crippen molar-refractivity contribution in [1.29, 1.82) is 0 Å². The van der Waals surface area contributed by atoms with Crippen molar-refractivity contribution in [2.45, 2.75) is 128 Å². The Hall–Kier alpha value is -3.94. The van der Waals surface area contributed by atoms with E-state index in [1.807, 2.05) is 16.0 Å². The molecule has 0 aromatic carbocycles. The average molecular weight is 940 g/mol. The number of aliphatic hydroxyl groups excluding tert-OH is 13. The second kappa shape index (κ2) is 22.5. The molecule has 368 valence electrons. The van der Waals surface area contributed by atoms with E-state index in [2.05, 4.69) is 0 Å². The van der Waals surface area contributed by atoms with Gasteiger partial charge in [0.15, 0.2) is 0 Å². The smallest absolute Gasteiger partial charge is 0.364 e. The maximum Gasteiger partial charge on any atom is 0.364 e. The van der Waals surface area contributed by atoms with E-state index >= 15 is 0 Å². The maximum atomic E-state index is 13.0. The number of carbonyl (C=O) groups excluding carboxylic acids is 3. The number of hydrogen-bond acceptors (Lipinski definition) is 25. The van der Waals surface area contributed by atoms with Gasteiger partial charge in [-0.15, -0.1) is 0 Å². The molecule has 0 saturated carbocycles. The van der Waals surface area contributed by atoms with Gasteiger partial charge in [0.25, 0.3) is 17.4 Å². The highest BCUT2D eigenvalue weighted by molar-refractivity contribution is 5.80. The molecule has 3 amide bonds. The van der Waals surface area contributed by atoms with Crippen molar-refractivity contribution in [2.75, 3.05) is 39.6 Å². The Morgan fingerprint density at radius 1 is 0.516 bits per heavy atom. The summed E-state index contributed by atoms with van der Waals surface area (Å²) in [6.07, 6.45) is -32.4. The molecule has 3 rings (SSSR count). The predicted molar refractivity (Wildman–Crippen MR) is 192 cm³/mol. The molecule has 64 heavy (non-hydrogen) atoms. The Labute approximate surface area is 358 Å². The highest BCUT2D eigenvalue weighted by atomic mass is 16.8. The summed E-state index contributed by atoms with van der Waals surface area (Å²) >= 11 is 0. The van der Waals surface area contributed by atoms with Crippen molar-refractivity contribution in [3.63, 3.8) is 0 Å². The largest absolute Gasteiger partial charge is 0.477 e. The molecule has 0 bridgehead atoms. The van der Waals surface area contributed by atoms with Gasteiger partial charge in [-0.25, -0.2) is 14.4 Å². The molecule has 31 heteroatoms. The summed E-state index contributed by atoms with van der Waals surface area (Å²) in [6, 6.07) is -5.92. The number of rotatable bonds is 22. The number of carboxylic acids is 3. The topological polar surface area (TPSA) is 529 Å². The lowest BCUT2D eigenvalue weighted by atomic mass is 9.86. The maximum absolute atomic E-state index is 13.0. The highest BCUT2D eigenvalue weighted by Crippen LogP contribution is 2.39. The zero-order valence-electron chi connectivity index (χ0n) is 33.1. The zero-order chi connectivity index (χ0) is 48.6. The van der Waals surface area contributed by atoms with Gasteiger partial charge in [-0.05, 0) is 0 Å². The molecule has 0 aromatic rings. The van der Waals surface area contributed by atoms with E-state index in [-0.39, 0.29) is 0 Å². The van der Waals surface area contributed by atoms with E-state index in [1.165, 1.54) is 0 Å². The number of ether oxygens (including phenoxy) is 5. The van der Waals surface area contributed by atoms with Gasteiger partial charge in [0.05, 0.1) is 56.3 Å². The van der Waals surface area contributed by atoms with Crippen LogP contribution in [0.2, 0.25) is 0 Å². The third-order valence-electron chi connectivity index (χ3n) is 10.5. The number of amides is 3. The molecule has 3 aliphatic heterocycles. The van der Waals surface area contributed by atoms with Crippen LogP contribution in [0.1, 0.15) is 19.3 Å². The molecule has 0 radical (unpaired) electrons. The quantitative estimate of drug-likeness (QED) is 0.0479. The van der Waals surface area contributed by atoms with Crippen LogP contribution >= 0.6 is 0 Å². The minimum atomic E-state index is -3.48. The molecular formula is C33H53N3O28. The Kier molecular flexibility index (Phi) is 19.1. The Bertz CT molecular complexity index is 1650. The van der Waals surface area contributed by atoms with E-state index in [0.29, 0.717) is 0 Å². The first kappa shape index (κ1) is 54.4. The number of hydrogen-bond donors (Lipinski definition) is 20. The van der Waals surface area contributed by atoms with Crippen LogP contribution in [0.4, 0.5) is 0 Å². The predicted octanol–water partition coefficient (Wildman–Crippen LogP) is -12.6. The van der Waals surface area contributed by atoms with E-state index in [4.69, 9.17) is 23.7 Å². The van der Waals surface area contributed by atoms with Crippen LogP contribution in [-0.4, -0.2) is 271 Å². The van der Waals surface area contributed by atoms with Gasteiger partial charge in [-0.3, -0.25) is 14.4 Å². The number of carboxylic acid groups (broad SMARTS) is 3. The van der Waals surface area contributed by atoms with Gasteiger partial charge in [-0.1, -0.05) is 0 Å². The molecule has 3 aliphatic rings. The number of aliphatic carboxylic acids is 3. The Balaban J connectivity index is 2.11. The molecule has 18 atom stereocenters. The lowest BCUT2D eigenvalue weighted by Gasteiger charge is -2.50. The fourth-order valence-electron chi connectivity index (χ4n) is 7.31. The van der Waals surface area contributed by atoms with Crippen molar-refractivity contribution in [3.8, 4) is 0 Å². The van der Waals surface area contributed by atoms with Gasteiger partial charge in [0.2, 0.25) is 17.7 Å². The summed E-state index contributed by atoms with van der Waals surface area (Å²) in [7, 11) is 0. The van der Waals surface area contributed by atoms with E-state index < -0.39 is 203 Å². The lowest BCUT2D eigenvalue weighted by molar-refractivity contribution is -0.356. The molecule has 31 nitrogen and oxygen atoms in total. The van der Waals surface area contributed by atoms with E-state index in [0.717, 1.165) is 0 Å². The van der Waals surface area contributed by atoms with Crippen LogP contribution in [0.5, 0.6) is 0 Å². The summed E-state index contributed by atoms with van der Waals surface area (Å²) in [5.74, 6) is -20.6. The molecular weight excluding hydrogens is 886 g/mol. The summed E-state index contributed by atoms with van der Waals surface area (Å²) in [5, 5.41) is 182. The molecule has 3 heterocycles. The third kappa shape index (κ3) is 11.9. The number of carbonyl (C=O) groups is 6. The number of nitrogens with one attached hydrogen (secondary N) is 3. The minimum absolute atomic E-state index is 1.17. The SMILES string of the molecule is O=C(CO)N[C@H]1[C@H]([C@H](O)[C@H](O)CO)O[C@@](O[C@H](CO)[C@@H](O)[C@@H]2O[C@@](O[C@H](CO)[C@@H](O)[C@@H]3O[C@@](O)(C(=O)O)C[C@H](O)[C@H]3NC(=O)CO)(C(=O)O)C[C@H](O)[C@H]2NC(=O)CO)(C(=O)O)C[C@@H]1O. The lowest BCUT2D eigenvalue weighted by Crippen LogP contribution is -2.71. The molecule has 0 unspecified atom stereocenters. The van der Waals surface area contributed by atoms with Crippen molar-refractivity contribution in [3.05, 3.63) is 0 Å². The monoisotopic (exact) mass is 939 g/mol. The zero-order valence-corrected chi connectivity index (χ0v) is 33.1. The van der Waals surface area contributed by atoms with Crippen molar-refractivity contribution in [2.24, 2.45) is 0 Å². The van der Waals surface area contributed by atoms with Crippen LogP contribution < -0.4 is 16.0 Å². The van der Waals surface area contributed by atoms with Crippen LogP contribution in [0.25, 0.3) is 0 Å². The first-order valence-corrected chi connectivity index (χ1v) is 19.0. The third-order valence-corrected chi connectivity index (χ3v) is 10.5. The Morgan fingerprint density at radius 3 is 1.14 bits per heavy atom. The van der Waals surface area contributed by atoms with Crippen LogP contribution in [0.3, 0.4) is 0 Å². The molecule has 0 aliphatic carbocycles. The molecule has 20 N–H and O–H groups in total. The molecule has 0 spiro atoms. The summed E-state index contributed by atoms with van der Waals surface area (Å²) < 4.78 is 27.0. The van der Waals surface area contributed by atoms with Crippen molar-refractivity contribution < 1.29 is 139 Å². The summed E-state index contributed by atoms with van der Waals surface area (Å²) in [6.45, 7) is -8.09. The van der Waals surface area contributed by atoms with Gasteiger partial charge in [0.1, 0.15) is 74.8 Å². The minimum Gasteiger partial charge on any atom is -0.477 e. The van der Waals surface area contributed by atoms with Gasteiger partial charge < -0.3 is 126 Å². The van der Waals surface area contributed by atoms with Crippen LogP contribution in [0.15, 0.2) is 0 Å². The summed E-state index contributed by atoms with van der Waals surface area (Å²) in [4.78, 5) is 74.3. The molecule has 3 saturated heterocycles. The van der Waals surface area contributed by atoms with Gasteiger partial charge in [0, 0.05) is 19.3 Å². The second-order valence-corrected chi connectivity index (χ2v) is 14.9. The standard InChI is InChI=1S/C33H53N3O28/c37-4-13(46)22(50)25-20(35-17(48)8-41)11(44)2-32(63-25,29(55)56)61-15(6-39)24(52)27-21(36-18(49)9-42)12(45)3-33(64-27,30(57)58)60-14(5-38)23(51)26-19(34-16(47)7-40)10(43)1-31(59,62-26)28(53)54/h10-15,19-27,37-46,50-52,59H,1-9H2,(H,34,47)(H,35,48)(H,36,49)(H,53,54)(H,55,56)(H,57,58)/t10-,11-,12-,13+,14+,15+,19+,20+,21+,22+,23+,24+,25+,26+,27+,31+,32+,33+/m0/s1. The fourth-order valence-corrected chi connectivity index (χ4v) is 7.31. The molecule has 3 fully saturated rings. The average Bonchev–Trinajstić information content (AvgIpc) is 3.25. The normalized spacial score (nSPS) is 36.0. The fraction of sp³-hybridized carbons (Fsp3) is 0.818. The van der Waals surface area contributed by atoms with Crippen LogP contribution in [-0.2, 0) is 52.5 Å². The van der Waals surface area contributed by atoms with Crippen molar-refractivity contribution in [1.82, 2.24) is 16.0 Å². The van der Waals surface area contributed by atoms with E-state index in [1.54, 1.807) is 0 Å². The first-order chi connectivity index (χ1) is 29.8. The Morgan fingerprint density at radius 2 is 0.844 bits per heavy atom. The van der Waals surface area contributed by atoms with Gasteiger partial charge >= 0.3 is 17.9 Å². The van der Waals surface area contributed by atoms with Gasteiger partial charge in [-0.2, -0.15) is 0 Å². The second-order valence-electron chi connectivity index (χ2n) is 14.9. The van der Waals surface area contributed by atoms with Crippen molar-refractivity contribution >= 4 is 35.6 Å².